The second-order valence-electron chi connectivity index (χ2n) is 4.76. The molecule has 1 aliphatic rings. The minimum atomic E-state index is 0.198. The molecular formula is C12H21N3O. The van der Waals surface area contributed by atoms with Crippen molar-refractivity contribution >= 4 is 0 Å². The quantitative estimate of drug-likeness (QED) is 0.830. The van der Waals surface area contributed by atoms with Gasteiger partial charge in [-0.1, -0.05) is 0 Å². The fraction of sp³-hybridized carbons (Fsp3) is 0.750. The van der Waals surface area contributed by atoms with Gasteiger partial charge >= 0.3 is 0 Å². The molecule has 90 valence electrons. The molecule has 0 spiro atoms. The number of hydrogen-bond donors (Lipinski definition) is 1. The predicted molar refractivity (Wildman–Crippen MR) is 63.3 cm³/mol. The Morgan fingerprint density at radius 2 is 2.31 bits per heavy atom. The summed E-state index contributed by atoms with van der Waals surface area (Å²) in [4.78, 5) is 0. The lowest BCUT2D eigenvalue weighted by Crippen LogP contribution is -2.32. The van der Waals surface area contributed by atoms with Gasteiger partial charge in [-0.3, -0.25) is 4.68 Å². The zero-order chi connectivity index (χ0) is 11.7. The first-order valence-electron chi connectivity index (χ1n) is 5.92. The van der Waals surface area contributed by atoms with Gasteiger partial charge in [0.1, 0.15) is 0 Å². The standard InChI is InChI=1S/C12H21N3O/c1-8-11(9(2)15(3)14-8)6-12(13)10-4-5-16-7-10/h10,12H,4-7,13H2,1-3H3. The maximum absolute atomic E-state index is 6.24. The number of hydrogen-bond acceptors (Lipinski definition) is 3. The SMILES string of the molecule is Cc1nn(C)c(C)c1CC(N)C1CCOC1. The van der Waals surface area contributed by atoms with E-state index in [0.29, 0.717) is 5.92 Å². The summed E-state index contributed by atoms with van der Waals surface area (Å²) >= 11 is 0. The number of ether oxygens (including phenoxy) is 1. The van der Waals surface area contributed by atoms with Crippen molar-refractivity contribution < 1.29 is 4.74 Å². The largest absolute Gasteiger partial charge is 0.381 e. The molecule has 2 N–H and O–H groups in total. The van der Waals surface area contributed by atoms with E-state index in [1.807, 2.05) is 11.7 Å². The third kappa shape index (κ3) is 2.13. The molecule has 0 saturated carbocycles. The van der Waals surface area contributed by atoms with Crippen LogP contribution in [0.25, 0.3) is 0 Å². The number of nitrogens with two attached hydrogens (primary N) is 1. The van der Waals surface area contributed by atoms with Crippen LogP contribution in [-0.4, -0.2) is 29.0 Å². The molecule has 2 atom stereocenters. The zero-order valence-electron chi connectivity index (χ0n) is 10.4. The van der Waals surface area contributed by atoms with Crippen LogP contribution in [0.15, 0.2) is 0 Å². The summed E-state index contributed by atoms with van der Waals surface area (Å²) < 4.78 is 7.31. The van der Waals surface area contributed by atoms with E-state index in [-0.39, 0.29) is 6.04 Å². The molecule has 1 saturated heterocycles. The van der Waals surface area contributed by atoms with Crippen LogP contribution in [0.2, 0.25) is 0 Å². The highest BCUT2D eigenvalue weighted by atomic mass is 16.5. The molecule has 4 heteroatoms. The number of aryl methyl sites for hydroxylation is 2. The van der Waals surface area contributed by atoms with E-state index in [9.17, 15) is 0 Å². The zero-order valence-corrected chi connectivity index (χ0v) is 10.4. The van der Waals surface area contributed by atoms with Crippen LogP contribution in [-0.2, 0) is 18.2 Å². The van der Waals surface area contributed by atoms with E-state index in [0.717, 1.165) is 31.7 Å². The van der Waals surface area contributed by atoms with Crippen molar-refractivity contribution in [2.45, 2.75) is 32.7 Å². The highest BCUT2D eigenvalue weighted by Gasteiger charge is 2.24. The molecule has 0 bridgehead atoms. The Hall–Kier alpha value is -0.870. The molecule has 2 heterocycles. The maximum atomic E-state index is 6.24. The number of nitrogens with zero attached hydrogens (tertiary/aromatic N) is 2. The van der Waals surface area contributed by atoms with E-state index >= 15 is 0 Å². The highest BCUT2D eigenvalue weighted by Crippen LogP contribution is 2.21. The van der Waals surface area contributed by atoms with Crippen molar-refractivity contribution in [2.75, 3.05) is 13.2 Å². The topological polar surface area (TPSA) is 53.1 Å². The van der Waals surface area contributed by atoms with E-state index < -0.39 is 0 Å². The van der Waals surface area contributed by atoms with Crippen molar-refractivity contribution in [3.8, 4) is 0 Å². The summed E-state index contributed by atoms with van der Waals surface area (Å²) in [6.45, 7) is 5.84. The summed E-state index contributed by atoms with van der Waals surface area (Å²) in [7, 11) is 1.98. The van der Waals surface area contributed by atoms with Gasteiger partial charge in [-0.15, -0.1) is 0 Å². The molecular weight excluding hydrogens is 202 g/mol. The average Bonchev–Trinajstić information content (AvgIpc) is 2.83. The van der Waals surface area contributed by atoms with Gasteiger partial charge in [-0.05, 0) is 38.2 Å². The van der Waals surface area contributed by atoms with Crippen LogP contribution in [0.4, 0.5) is 0 Å². The Kier molecular flexibility index (Phi) is 3.30. The molecule has 0 aliphatic carbocycles. The lowest BCUT2D eigenvalue weighted by Gasteiger charge is -2.17. The molecule has 2 unspecified atom stereocenters. The smallest absolute Gasteiger partial charge is 0.0628 e. The fourth-order valence-electron chi connectivity index (χ4n) is 2.41. The lowest BCUT2D eigenvalue weighted by molar-refractivity contribution is 0.180. The van der Waals surface area contributed by atoms with Crippen LogP contribution in [0.3, 0.4) is 0 Å². The van der Waals surface area contributed by atoms with Crippen molar-refractivity contribution in [3.63, 3.8) is 0 Å². The summed E-state index contributed by atoms with van der Waals surface area (Å²) in [5.74, 6) is 0.513. The maximum Gasteiger partial charge on any atom is 0.0628 e. The Bertz CT molecular complexity index is 367. The fourth-order valence-corrected chi connectivity index (χ4v) is 2.41. The predicted octanol–water partition coefficient (Wildman–Crippen LogP) is 0.943. The third-order valence-electron chi connectivity index (χ3n) is 3.67. The molecule has 1 aromatic rings. The van der Waals surface area contributed by atoms with Gasteiger partial charge < -0.3 is 10.5 Å². The van der Waals surface area contributed by atoms with E-state index in [1.165, 1.54) is 11.3 Å². The first kappa shape index (κ1) is 11.6. The average molecular weight is 223 g/mol. The van der Waals surface area contributed by atoms with E-state index in [2.05, 4.69) is 18.9 Å². The first-order valence-corrected chi connectivity index (χ1v) is 5.92. The van der Waals surface area contributed by atoms with E-state index in [4.69, 9.17) is 10.5 Å². The minimum Gasteiger partial charge on any atom is -0.381 e. The van der Waals surface area contributed by atoms with Crippen LogP contribution < -0.4 is 5.73 Å². The van der Waals surface area contributed by atoms with Crippen molar-refractivity contribution in [2.24, 2.45) is 18.7 Å². The first-order chi connectivity index (χ1) is 7.59. The summed E-state index contributed by atoms with van der Waals surface area (Å²) in [6.07, 6.45) is 2.01. The molecule has 0 amide bonds. The molecule has 4 nitrogen and oxygen atoms in total. The second kappa shape index (κ2) is 4.55. The lowest BCUT2D eigenvalue weighted by atomic mass is 9.93. The van der Waals surface area contributed by atoms with Crippen molar-refractivity contribution in [3.05, 3.63) is 17.0 Å². The summed E-state index contributed by atoms with van der Waals surface area (Å²) in [5, 5.41) is 4.42. The van der Waals surface area contributed by atoms with Gasteiger partial charge in [0.05, 0.1) is 12.3 Å². The number of aromatic nitrogens is 2. The van der Waals surface area contributed by atoms with E-state index in [1.54, 1.807) is 0 Å². The van der Waals surface area contributed by atoms with Crippen molar-refractivity contribution in [1.82, 2.24) is 9.78 Å². The molecule has 1 fully saturated rings. The van der Waals surface area contributed by atoms with Gasteiger partial charge in [0, 0.05) is 25.4 Å². The molecule has 16 heavy (non-hydrogen) atoms. The Morgan fingerprint density at radius 1 is 1.56 bits per heavy atom. The normalized spacial score (nSPS) is 22.6. The van der Waals surface area contributed by atoms with Crippen LogP contribution in [0, 0.1) is 19.8 Å². The summed E-state index contributed by atoms with van der Waals surface area (Å²) in [5.41, 5.74) is 9.88. The van der Waals surface area contributed by atoms with Gasteiger partial charge in [0.2, 0.25) is 0 Å². The van der Waals surface area contributed by atoms with Gasteiger partial charge in [-0.25, -0.2) is 0 Å². The molecule has 0 radical (unpaired) electrons. The molecule has 1 aromatic heterocycles. The van der Waals surface area contributed by atoms with Crippen LogP contribution in [0.1, 0.15) is 23.4 Å². The van der Waals surface area contributed by atoms with Crippen molar-refractivity contribution in [1.29, 1.82) is 0 Å². The Morgan fingerprint density at radius 3 is 2.81 bits per heavy atom. The molecule has 0 aromatic carbocycles. The Balaban J connectivity index is 2.07. The number of rotatable bonds is 3. The van der Waals surface area contributed by atoms with Crippen LogP contribution in [0.5, 0.6) is 0 Å². The second-order valence-corrected chi connectivity index (χ2v) is 4.76. The Labute approximate surface area is 96.8 Å². The molecule has 1 aliphatic heterocycles. The summed E-state index contributed by atoms with van der Waals surface area (Å²) in [6, 6.07) is 0.198. The molecule has 2 rings (SSSR count). The van der Waals surface area contributed by atoms with Gasteiger partial charge in [-0.2, -0.15) is 5.10 Å². The van der Waals surface area contributed by atoms with Gasteiger partial charge in [0.25, 0.3) is 0 Å². The van der Waals surface area contributed by atoms with Crippen LogP contribution >= 0.6 is 0 Å². The van der Waals surface area contributed by atoms with Gasteiger partial charge in [0.15, 0.2) is 0 Å². The minimum absolute atomic E-state index is 0.198. The highest BCUT2D eigenvalue weighted by molar-refractivity contribution is 5.25. The monoisotopic (exact) mass is 223 g/mol. The third-order valence-corrected chi connectivity index (χ3v) is 3.67.